The maximum atomic E-state index is 11.8. The Morgan fingerprint density at radius 3 is 2.40 bits per heavy atom. The highest BCUT2D eigenvalue weighted by atomic mass is 32.2. The van der Waals surface area contributed by atoms with Gasteiger partial charge in [-0.05, 0) is 20.8 Å². The van der Waals surface area contributed by atoms with Crippen molar-refractivity contribution in [1.82, 2.24) is 4.31 Å². The summed E-state index contributed by atoms with van der Waals surface area (Å²) in [5, 5.41) is 0. The summed E-state index contributed by atoms with van der Waals surface area (Å²) in [5.74, 6) is 0.0268. The van der Waals surface area contributed by atoms with Crippen molar-refractivity contribution in [3.05, 3.63) is 0 Å². The molecule has 5 nitrogen and oxygen atoms in total. The van der Waals surface area contributed by atoms with Crippen LogP contribution in [0.4, 0.5) is 0 Å². The van der Waals surface area contributed by atoms with Gasteiger partial charge >= 0.3 is 0 Å². The van der Waals surface area contributed by atoms with Gasteiger partial charge in [0, 0.05) is 25.7 Å². The number of sulfonamides is 1. The molecule has 0 saturated heterocycles. The molecular weight excluding hydrogens is 216 g/mol. The molecule has 92 valence electrons. The lowest BCUT2D eigenvalue weighted by Crippen LogP contribution is -2.42. The van der Waals surface area contributed by atoms with E-state index in [9.17, 15) is 8.42 Å². The monoisotopic (exact) mass is 238 g/mol. The van der Waals surface area contributed by atoms with Crippen molar-refractivity contribution >= 4 is 10.0 Å². The second-order valence-corrected chi connectivity index (χ2v) is 5.55. The first-order valence-corrected chi connectivity index (χ1v) is 6.84. The van der Waals surface area contributed by atoms with E-state index in [1.54, 1.807) is 0 Å². The van der Waals surface area contributed by atoms with Crippen LogP contribution in [0, 0.1) is 0 Å². The maximum Gasteiger partial charge on any atom is 0.216 e. The summed E-state index contributed by atoms with van der Waals surface area (Å²) in [7, 11) is -3.23. The van der Waals surface area contributed by atoms with Crippen molar-refractivity contribution in [3.63, 3.8) is 0 Å². The van der Waals surface area contributed by atoms with Gasteiger partial charge in [0.1, 0.15) is 0 Å². The van der Waals surface area contributed by atoms with E-state index in [0.29, 0.717) is 19.7 Å². The minimum atomic E-state index is -3.23. The topological polar surface area (TPSA) is 72.6 Å². The summed E-state index contributed by atoms with van der Waals surface area (Å²) in [6, 6.07) is -0.0554. The molecule has 0 amide bonds. The number of rotatable bonds is 8. The molecular formula is C9H22N2O3S. The summed E-state index contributed by atoms with van der Waals surface area (Å²) >= 11 is 0. The Morgan fingerprint density at radius 1 is 1.40 bits per heavy atom. The first-order chi connectivity index (χ1) is 6.95. The van der Waals surface area contributed by atoms with Gasteiger partial charge in [-0.2, -0.15) is 4.31 Å². The predicted octanol–water partition coefficient (Wildman–Crippen LogP) is 0.0218. The molecule has 0 radical (unpaired) electrons. The smallest absolute Gasteiger partial charge is 0.216 e. The van der Waals surface area contributed by atoms with Crippen LogP contribution in [0.15, 0.2) is 0 Å². The Kier molecular flexibility index (Phi) is 7.08. The number of hydrogen-bond donors (Lipinski definition) is 1. The van der Waals surface area contributed by atoms with Gasteiger partial charge in [-0.1, -0.05) is 0 Å². The number of hydrogen-bond acceptors (Lipinski definition) is 4. The van der Waals surface area contributed by atoms with E-state index < -0.39 is 10.0 Å². The van der Waals surface area contributed by atoms with Gasteiger partial charge in [-0.25, -0.2) is 8.42 Å². The van der Waals surface area contributed by atoms with Gasteiger partial charge in [-0.3, -0.25) is 0 Å². The molecule has 0 spiro atoms. The number of nitrogens with zero attached hydrogens (tertiary/aromatic N) is 1. The third kappa shape index (κ3) is 5.46. The molecule has 6 heteroatoms. The normalized spacial score (nSPS) is 12.7. The Morgan fingerprint density at radius 2 is 2.00 bits per heavy atom. The first kappa shape index (κ1) is 14.8. The molecule has 0 aliphatic heterocycles. The van der Waals surface area contributed by atoms with Crippen molar-refractivity contribution in [2.24, 2.45) is 5.73 Å². The zero-order valence-electron chi connectivity index (χ0n) is 9.77. The first-order valence-electron chi connectivity index (χ1n) is 5.23. The average Bonchev–Trinajstić information content (AvgIpc) is 2.13. The van der Waals surface area contributed by atoms with Crippen LogP contribution in [0.1, 0.15) is 20.8 Å². The van der Waals surface area contributed by atoms with Crippen LogP contribution >= 0.6 is 0 Å². The second kappa shape index (κ2) is 7.16. The highest BCUT2D eigenvalue weighted by Crippen LogP contribution is 2.06. The largest absolute Gasteiger partial charge is 0.381 e. The predicted molar refractivity (Wildman–Crippen MR) is 61.2 cm³/mol. The standard InChI is InChI=1S/C9H22N2O3S/c1-4-14-7-8-15(12,13)11(6-5-10)9(2)3/h9H,4-8,10H2,1-3H3. The lowest BCUT2D eigenvalue weighted by atomic mass is 10.4. The van der Waals surface area contributed by atoms with Crippen LogP contribution in [-0.4, -0.2) is 50.8 Å². The van der Waals surface area contributed by atoms with Gasteiger partial charge in [0.2, 0.25) is 10.0 Å². The minimum absolute atomic E-state index is 0.0268. The molecule has 0 atom stereocenters. The van der Waals surface area contributed by atoms with Crippen LogP contribution in [-0.2, 0) is 14.8 Å². The molecule has 0 bridgehead atoms. The third-order valence-electron chi connectivity index (χ3n) is 1.97. The Labute approximate surface area is 92.6 Å². The van der Waals surface area contributed by atoms with Gasteiger partial charge in [0.05, 0.1) is 12.4 Å². The van der Waals surface area contributed by atoms with Gasteiger partial charge in [0.15, 0.2) is 0 Å². The fourth-order valence-corrected chi connectivity index (χ4v) is 2.86. The lowest BCUT2D eigenvalue weighted by molar-refractivity contribution is 0.162. The van der Waals surface area contributed by atoms with Crippen LogP contribution in [0.2, 0.25) is 0 Å². The highest BCUT2D eigenvalue weighted by Gasteiger charge is 2.23. The third-order valence-corrected chi connectivity index (χ3v) is 3.97. The van der Waals surface area contributed by atoms with Crippen LogP contribution in [0.3, 0.4) is 0 Å². The van der Waals surface area contributed by atoms with E-state index in [2.05, 4.69) is 0 Å². The summed E-state index contributed by atoms with van der Waals surface area (Å²) in [6.07, 6.45) is 0. The molecule has 0 aromatic rings. The van der Waals surface area contributed by atoms with E-state index in [4.69, 9.17) is 10.5 Å². The second-order valence-electron chi connectivity index (χ2n) is 3.51. The summed E-state index contributed by atoms with van der Waals surface area (Å²) in [6.45, 7) is 7.01. The van der Waals surface area contributed by atoms with Crippen molar-refractivity contribution in [1.29, 1.82) is 0 Å². The van der Waals surface area contributed by atoms with Gasteiger partial charge < -0.3 is 10.5 Å². The Balaban J connectivity index is 4.37. The number of ether oxygens (including phenoxy) is 1. The molecule has 0 rings (SSSR count). The summed E-state index contributed by atoms with van der Waals surface area (Å²) in [5.41, 5.74) is 5.38. The van der Waals surface area contributed by atoms with E-state index in [-0.39, 0.29) is 18.4 Å². The van der Waals surface area contributed by atoms with Crippen molar-refractivity contribution < 1.29 is 13.2 Å². The number of nitrogens with two attached hydrogens (primary N) is 1. The van der Waals surface area contributed by atoms with Gasteiger partial charge in [0.25, 0.3) is 0 Å². The van der Waals surface area contributed by atoms with Gasteiger partial charge in [-0.15, -0.1) is 0 Å². The van der Waals surface area contributed by atoms with Crippen molar-refractivity contribution in [2.45, 2.75) is 26.8 Å². The van der Waals surface area contributed by atoms with E-state index >= 15 is 0 Å². The average molecular weight is 238 g/mol. The molecule has 0 aliphatic rings. The molecule has 0 aromatic carbocycles. The molecule has 0 unspecified atom stereocenters. The van der Waals surface area contributed by atoms with Crippen molar-refractivity contribution in [2.75, 3.05) is 32.1 Å². The zero-order chi connectivity index (χ0) is 11.9. The zero-order valence-corrected chi connectivity index (χ0v) is 10.6. The Hall–Kier alpha value is -0.170. The lowest BCUT2D eigenvalue weighted by Gasteiger charge is -2.25. The molecule has 0 fully saturated rings. The highest BCUT2D eigenvalue weighted by molar-refractivity contribution is 7.89. The van der Waals surface area contributed by atoms with E-state index in [1.165, 1.54) is 4.31 Å². The fourth-order valence-electron chi connectivity index (χ4n) is 1.27. The van der Waals surface area contributed by atoms with Crippen LogP contribution in [0.5, 0.6) is 0 Å². The van der Waals surface area contributed by atoms with Crippen LogP contribution in [0.25, 0.3) is 0 Å². The minimum Gasteiger partial charge on any atom is -0.381 e. The quantitative estimate of drug-likeness (QED) is 0.605. The molecule has 0 saturated carbocycles. The summed E-state index contributed by atoms with van der Waals surface area (Å²) in [4.78, 5) is 0. The van der Waals surface area contributed by atoms with Crippen LogP contribution < -0.4 is 5.73 Å². The Bertz CT molecular complexity index is 252. The molecule has 2 N–H and O–H groups in total. The summed E-state index contributed by atoms with van der Waals surface area (Å²) < 4.78 is 30.1. The molecule has 0 heterocycles. The van der Waals surface area contributed by atoms with Crippen molar-refractivity contribution in [3.8, 4) is 0 Å². The SMILES string of the molecule is CCOCCS(=O)(=O)N(CCN)C(C)C. The maximum absolute atomic E-state index is 11.8. The fraction of sp³-hybridized carbons (Fsp3) is 1.00. The molecule has 0 aromatic heterocycles. The van der Waals surface area contributed by atoms with E-state index in [0.717, 1.165) is 0 Å². The molecule has 0 aliphatic carbocycles. The molecule has 15 heavy (non-hydrogen) atoms. The van der Waals surface area contributed by atoms with E-state index in [1.807, 2.05) is 20.8 Å².